The molecule has 0 saturated carbocycles. The summed E-state index contributed by atoms with van der Waals surface area (Å²) in [5.74, 6) is 0. The van der Waals surface area contributed by atoms with E-state index in [0.29, 0.717) is 0 Å². The van der Waals surface area contributed by atoms with Gasteiger partial charge in [-0.1, -0.05) is 214 Å². The maximum Gasteiger partial charge on any atom is 0.180 e. The van der Waals surface area contributed by atoms with Gasteiger partial charge in [0.05, 0.1) is 5.41 Å². The van der Waals surface area contributed by atoms with Crippen LogP contribution in [0.3, 0.4) is 0 Å². The zero-order chi connectivity index (χ0) is 43.8. The van der Waals surface area contributed by atoms with E-state index in [0.717, 1.165) is 17.1 Å². The molecule has 10 aromatic rings. The molecule has 0 amide bonds. The fourth-order valence-electron chi connectivity index (χ4n) is 13.1. The Morgan fingerprint density at radius 2 is 0.682 bits per heavy atom. The summed E-state index contributed by atoms with van der Waals surface area (Å²) in [6.07, 6.45) is 0. The molecular weight excluding hydrogens is 811 g/mol. The zero-order valence-corrected chi connectivity index (χ0v) is 38.0. The molecule has 1 aliphatic heterocycles. The SMILES string of the molecule is CC1(C)c2ccccc2-c2ccc(N(c3cccc([Si]4(c5ccccc5)c5ccccc5-c5ccccc54)c3)c3ccc4c(c3)C3(c5ccccc5-c5ccccc53)c3ccccc3-4)cc21. The summed E-state index contributed by atoms with van der Waals surface area (Å²) in [5, 5.41) is 5.69. The van der Waals surface area contributed by atoms with Crippen molar-refractivity contribution in [3.05, 3.63) is 270 Å². The largest absolute Gasteiger partial charge is 0.310 e. The van der Waals surface area contributed by atoms with E-state index < -0.39 is 13.5 Å². The third kappa shape index (κ3) is 4.74. The Bertz CT molecular complexity index is 3540. The lowest BCUT2D eigenvalue weighted by molar-refractivity contribution is 0.660. The maximum atomic E-state index is 2.56. The number of anilines is 3. The molecule has 310 valence electrons. The quantitative estimate of drug-likeness (QED) is 0.156. The van der Waals surface area contributed by atoms with Crippen molar-refractivity contribution in [3.63, 3.8) is 0 Å². The van der Waals surface area contributed by atoms with Crippen molar-refractivity contribution in [3.8, 4) is 44.5 Å². The van der Waals surface area contributed by atoms with Crippen LogP contribution >= 0.6 is 0 Å². The average Bonchev–Trinajstić information content (AvgIpc) is 4.03. The standard InChI is InChI=1S/C64H45NSi/c1-63(2)55-29-12-6-23-47(55)51-37-35-43(40-59(51)63)65(42-19-18-22-46(39-42)66(45-20-4-3-5-21-45)61-33-16-10-27-53(61)54-28-11-17-34-62(54)66)44-36-38-52-50-26-9-15-32-58(50)64(60(52)41-44)56-30-13-7-24-48(56)49-25-8-14-31-57(49)64/h3-41H,1-2H3. The van der Waals surface area contributed by atoms with Gasteiger partial charge in [0.1, 0.15) is 0 Å². The summed E-state index contributed by atoms with van der Waals surface area (Å²) in [5.41, 5.74) is 21.6. The summed E-state index contributed by atoms with van der Waals surface area (Å²) < 4.78 is 0. The van der Waals surface area contributed by atoms with Gasteiger partial charge in [0.2, 0.25) is 0 Å². The van der Waals surface area contributed by atoms with Gasteiger partial charge in [-0.3, -0.25) is 0 Å². The van der Waals surface area contributed by atoms with Crippen molar-refractivity contribution < 1.29 is 0 Å². The van der Waals surface area contributed by atoms with Crippen molar-refractivity contribution in [2.24, 2.45) is 0 Å². The predicted molar refractivity (Wildman–Crippen MR) is 278 cm³/mol. The van der Waals surface area contributed by atoms with Gasteiger partial charge in [-0.05, 0) is 135 Å². The smallest absolute Gasteiger partial charge is 0.180 e. The van der Waals surface area contributed by atoms with Crippen LogP contribution in [0.15, 0.2) is 237 Å². The molecule has 0 aromatic heterocycles. The molecule has 1 heterocycles. The van der Waals surface area contributed by atoms with Crippen LogP contribution in [0.5, 0.6) is 0 Å². The Hall–Kier alpha value is -7.78. The average molecular weight is 856 g/mol. The third-order valence-corrected chi connectivity index (χ3v) is 20.6. The monoisotopic (exact) mass is 855 g/mol. The fourth-order valence-corrected chi connectivity index (χ4v) is 18.3. The Kier molecular flexibility index (Phi) is 7.76. The molecule has 14 rings (SSSR count). The lowest BCUT2D eigenvalue weighted by Gasteiger charge is -2.34. The van der Waals surface area contributed by atoms with Crippen LogP contribution < -0.4 is 25.6 Å². The highest BCUT2D eigenvalue weighted by Gasteiger charge is 2.52. The molecule has 0 atom stereocenters. The van der Waals surface area contributed by atoms with E-state index in [2.05, 4.69) is 255 Å². The molecule has 0 bridgehead atoms. The van der Waals surface area contributed by atoms with Crippen molar-refractivity contribution in [1.82, 2.24) is 0 Å². The molecule has 0 fully saturated rings. The lowest BCUT2D eigenvalue weighted by atomic mass is 9.70. The molecule has 66 heavy (non-hydrogen) atoms. The van der Waals surface area contributed by atoms with Crippen LogP contribution in [0.2, 0.25) is 0 Å². The van der Waals surface area contributed by atoms with E-state index in [1.54, 1.807) is 0 Å². The summed E-state index contributed by atoms with van der Waals surface area (Å²) in [6, 6.07) is 90.3. The van der Waals surface area contributed by atoms with Gasteiger partial charge < -0.3 is 4.90 Å². The predicted octanol–water partition coefficient (Wildman–Crippen LogP) is 13.2. The third-order valence-electron chi connectivity index (χ3n) is 15.8. The van der Waals surface area contributed by atoms with Crippen molar-refractivity contribution >= 4 is 45.9 Å². The Balaban J connectivity index is 1.04. The van der Waals surface area contributed by atoms with Gasteiger partial charge in [-0.15, -0.1) is 0 Å². The van der Waals surface area contributed by atoms with E-state index in [-0.39, 0.29) is 5.41 Å². The first kappa shape index (κ1) is 37.6. The van der Waals surface area contributed by atoms with Crippen LogP contribution in [0, 0.1) is 0 Å². The summed E-state index contributed by atoms with van der Waals surface area (Å²) >= 11 is 0. The summed E-state index contributed by atoms with van der Waals surface area (Å²) in [7, 11) is -2.78. The summed E-state index contributed by atoms with van der Waals surface area (Å²) in [6.45, 7) is 4.78. The van der Waals surface area contributed by atoms with Gasteiger partial charge in [-0.25, -0.2) is 0 Å². The van der Waals surface area contributed by atoms with E-state index in [1.165, 1.54) is 98.6 Å². The first-order chi connectivity index (χ1) is 32.5. The number of hydrogen-bond acceptors (Lipinski definition) is 1. The number of benzene rings is 10. The van der Waals surface area contributed by atoms with Crippen molar-refractivity contribution in [2.75, 3.05) is 4.90 Å². The Labute approximate surface area is 388 Å². The molecule has 3 aliphatic carbocycles. The van der Waals surface area contributed by atoms with Gasteiger partial charge in [0.15, 0.2) is 8.07 Å². The first-order valence-corrected chi connectivity index (χ1v) is 25.3. The molecule has 1 nitrogen and oxygen atoms in total. The Morgan fingerprint density at radius 3 is 1.24 bits per heavy atom. The molecule has 10 aromatic carbocycles. The number of rotatable bonds is 5. The van der Waals surface area contributed by atoms with Crippen LogP contribution in [-0.2, 0) is 10.8 Å². The molecular formula is C64H45NSi. The molecule has 0 saturated heterocycles. The van der Waals surface area contributed by atoms with Crippen LogP contribution in [0.25, 0.3) is 44.5 Å². The van der Waals surface area contributed by atoms with Gasteiger partial charge in [0, 0.05) is 22.5 Å². The van der Waals surface area contributed by atoms with Gasteiger partial charge in [-0.2, -0.15) is 0 Å². The molecule has 0 radical (unpaired) electrons. The molecule has 4 aliphatic rings. The molecule has 2 heteroatoms. The Morgan fingerprint density at radius 1 is 0.288 bits per heavy atom. The molecule has 1 spiro atoms. The normalized spacial score (nSPS) is 15.2. The van der Waals surface area contributed by atoms with Crippen LogP contribution in [-0.4, -0.2) is 8.07 Å². The van der Waals surface area contributed by atoms with E-state index in [4.69, 9.17) is 0 Å². The highest BCUT2D eigenvalue weighted by molar-refractivity contribution is 7.22. The second-order valence-corrected chi connectivity index (χ2v) is 22.8. The van der Waals surface area contributed by atoms with E-state index in [9.17, 15) is 0 Å². The van der Waals surface area contributed by atoms with Gasteiger partial charge in [0.25, 0.3) is 0 Å². The van der Waals surface area contributed by atoms with Crippen LogP contribution in [0.1, 0.15) is 47.2 Å². The minimum absolute atomic E-state index is 0.155. The minimum atomic E-state index is -2.78. The zero-order valence-electron chi connectivity index (χ0n) is 37.0. The highest BCUT2D eigenvalue weighted by Crippen LogP contribution is 2.63. The van der Waals surface area contributed by atoms with E-state index in [1.807, 2.05) is 0 Å². The van der Waals surface area contributed by atoms with Crippen molar-refractivity contribution in [1.29, 1.82) is 0 Å². The topological polar surface area (TPSA) is 3.24 Å². The van der Waals surface area contributed by atoms with Crippen LogP contribution in [0.4, 0.5) is 17.1 Å². The van der Waals surface area contributed by atoms with Gasteiger partial charge >= 0.3 is 0 Å². The number of hydrogen-bond donors (Lipinski definition) is 0. The minimum Gasteiger partial charge on any atom is -0.310 e. The fraction of sp³-hybridized carbons (Fsp3) is 0.0625. The second-order valence-electron chi connectivity index (χ2n) is 19.1. The number of nitrogens with zero attached hydrogens (tertiary/aromatic N) is 1. The lowest BCUT2D eigenvalue weighted by Crippen LogP contribution is -2.72. The molecule has 0 N–H and O–H groups in total. The van der Waals surface area contributed by atoms with E-state index >= 15 is 0 Å². The van der Waals surface area contributed by atoms with Crippen molar-refractivity contribution in [2.45, 2.75) is 24.7 Å². The maximum absolute atomic E-state index is 2.78. The second kappa shape index (κ2) is 13.6. The number of fused-ring (bicyclic) bond motifs is 16. The highest BCUT2D eigenvalue weighted by atomic mass is 28.3. The summed E-state index contributed by atoms with van der Waals surface area (Å²) in [4.78, 5) is 2.56. The molecule has 0 unspecified atom stereocenters. The first-order valence-electron chi connectivity index (χ1n) is 23.3.